The number of imidazole rings is 1. The number of hydrogen-bond acceptors (Lipinski definition) is 3. The average Bonchev–Trinajstić information content (AvgIpc) is 2.87. The number of aromatic nitrogens is 2. The monoisotopic (exact) mass is 235 g/mol. The fraction of sp³-hybridized carbons (Fsp3) is 0.417. The summed E-state index contributed by atoms with van der Waals surface area (Å²) in [6, 6.07) is -0.104. The van der Waals surface area contributed by atoms with Crippen LogP contribution in [0.3, 0.4) is 0 Å². The van der Waals surface area contributed by atoms with Gasteiger partial charge in [-0.15, -0.1) is 0 Å². The van der Waals surface area contributed by atoms with E-state index in [0.29, 0.717) is 0 Å². The molecule has 0 radical (unpaired) electrons. The summed E-state index contributed by atoms with van der Waals surface area (Å²) in [5, 5.41) is 4.24. The van der Waals surface area contributed by atoms with Crippen molar-refractivity contribution >= 4 is 11.3 Å². The summed E-state index contributed by atoms with van der Waals surface area (Å²) in [6.07, 6.45) is 4.92. The van der Waals surface area contributed by atoms with Gasteiger partial charge in [-0.1, -0.05) is 6.92 Å². The lowest BCUT2D eigenvalue weighted by atomic mass is 10.1. The van der Waals surface area contributed by atoms with E-state index in [9.17, 15) is 0 Å². The predicted octanol–water partition coefficient (Wildman–Crippen LogP) is 2.71. The Morgan fingerprint density at radius 1 is 1.50 bits per heavy atom. The molecule has 1 atom stereocenters. The fourth-order valence-corrected chi connectivity index (χ4v) is 2.75. The molecule has 1 unspecified atom stereocenters. The van der Waals surface area contributed by atoms with E-state index in [2.05, 4.69) is 34.2 Å². The lowest BCUT2D eigenvalue weighted by molar-refractivity contribution is 0.612. The zero-order valence-electron chi connectivity index (χ0n) is 9.68. The van der Waals surface area contributed by atoms with Crippen molar-refractivity contribution in [2.75, 3.05) is 0 Å². The van der Waals surface area contributed by atoms with E-state index in [1.807, 2.05) is 12.4 Å². The minimum Gasteiger partial charge on any atom is -0.333 e. The number of rotatable bonds is 4. The van der Waals surface area contributed by atoms with Gasteiger partial charge in [-0.2, -0.15) is 11.3 Å². The van der Waals surface area contributed by atoms with Crippen LogP contribution in [0.2, 0.25) is 0 Å². The lowest BCUT2D eigenvalue weighted by Gasteiger charge is -2.13. The molecular formula is C12H17N3S. The van der Waals surface area contributed by atoms with Crippen LogP contribution in [0, 0.1) is 6.92 Å². The van der Waals surface area contributed by atoms with Gasteiger partial charge < -0.3 is 10.3 Å². The standard InChI is InChI=1S/C12H17N3S/c1-3-5-15-6-4-14-12(15)11(13)10-8-16-7-9(10)2/h4,6-8,11H,3,5,13H2,1-2H3. The van der Waals surface area contributed by atoms with E-state index < -0.39 is 0 Å². The van der Waals surface area contributed by atoms with E-state index in [0.717, 1.165) is 18.8 Å². The van der Waals surface area contributed by atoms with Gasteiger partial charge in [0.15, 0.2) is 0 Å². The molecule has 2 rings (SSSR count). The van der Waals surface area contributed by atoms with Crippen molar-refractivity contribution in [1.82, 2.24) is 9.55 Å². The van der Waals surface area contributed by atoms with Gasteiger partial charge in [-0.05, 0) is 35.2 Å². The van der Waals surface area contributed by atoms with Crippen molar-refractivity contribution in [1.29, 1.82) is 0 Å². The van der Waals surface area contributed by atoms with Crippen LogP contribution in [-0.4, -0.2) is 9.55 Å². The third kappa shape index (κ3) is 2.03. The van der Waals surface area contributed by atoms with E-state index >= 15 is 0 Å². The van der Waals surface area contributed by atoms with Gasteiger partial charge in [0.25, 0.3) is 0 Å². The Morgan fingerprint density at radius 3 is 2.94 bits per heavy atom. The van der Waals surface area contributed by atoms with E-state index in [1.165, 1.54) is 11.1 Å². The second-order valence-corrected chi connectivity index (χ2v) is 4.71. The summed E-state index contributed by atoms with van der Waals surface area (Å²) >= 11 is 1.69. The summed E-state index contributed by atoms with van der Waals surface area (Å²) in [5.41, 5.74) is 8.70. The van der Waals surface area contributed by atoms with Crippen molar-refractivity contribution < 1.29 is 0 Å². The van der Waals surface area contributed by atoms with Gasteiger partial charge in [0.1, 0.15) is 5.82 Å². The van der Waals surface area contributed by atoms with Crippen molar-refractivity contribution in [3.63, 3.8) is 0 Å². The summed E-state index contributed by atoms with van der Waals surface area (Å²) in [6.45, 7) is 5.23. The first kappa shape index (κ1) is 11.4. The third-order valence-corrected chi connectivity index (χ3v) is 3.60. The molecule has 0 aliphatic carbocycles. The second kappa shape index (κ2) is 4.80. The first-order valence-electron chi connectivity index (χ1n) is 5.53. The Labute approximate surface area is 99.9 Å². The van der Waals surface area contributed by atoms with Gasteiger partial charge in [0.2, 0.25) is 0 Å². The molecule has 0 aromatic carbocycles. The Bertz CT molecular complexity index is 458. The molecule has 0 fully saturated rings. The van der Waals surface area contributed by atoms with Crippen LogP contribution < -0.4 is 5.73 Å². The highest BCUT2D eigenvalue weighted by Gasteiger charge is 2.16. The molecule has 0 aliphatic heterocycles. The zero-order chi connectivity index (χ0) is 11.5. The van der Waals surface area contributed by atoms with E-state index in [4.69, 9.17) is 5.73 Å². The van der Waals surface area contributed by atoms with Crippen molar-refractivity contribution in [3.05, 3.63) is 40.1 Å². The van der Waals surface area contributed by atoms with Crippen molar-refractivity contribution in [2.24, 2.45) is 5.73 Å². The molecule has 16 heavy (non-hydrogen) atoms. The second-order valence-electron chi connectivity index (χ2n) is 3.97. The molecule has 0 saturated carbocycles. The number of nitrogens with two attached hydrogens (primary N) is 1. The molecule has 0 aliphatic rings. The molecule has 2 heterocycles. The Morgan fingerprint density at radius 2 is 2.31 bits per heavy atom. The summed E-state index contributed by atoms with van der Waals surface area (Å²) < 4.78 is 2.14. The minimum atomic E-state index is -0.104. The maximum absolute atomic E-state index is 6.26. The van der Waals surface area contributed by atoms with Crippen LogP contribution in [0.4, 0.5) is 0 Å². The smallest absolute Gasteiger partial charge is 0.130 e. The highest BCUT2D eigenvalue weighted by atomic mass is 32.1. The maximum Gasteiger partial charge on any atom is 0.130 e. The highest BCUT2D eigenvalue weighted by Crippen LogP contribution is 2.24. The molecule has 86 valence electrons. The first-order valence-corrected chi connectivity index (χ1v) is 6.47. The topological polar surface area (TPSA) is 43.8 Å². The van der Waals surface area contributed by atoms with Crippen LogP contribution >= 0.6 is 11.3 Å². The SMILES string of the molecule is CCCn1ccnc1C(N)c1cscc1C. The van der Waals surface area contributed by atoms with Gasteiger partial charge in [-0.3, -0.25) is 0 Å². The molecule has 0 spiro atoms. The Kier molecular flexibility index (Phi) is 3.41. The van der Waals surface area contributed by atoms with Crippen molar-refractivity contribution in [3.8, 4) is 0 Å². The summed E-state index contributed by atoms with van der Waals surface area (Å²) in [4.78, 5) is 4.37. The molecular weight excluding hydrogens is 218 g/mol. The first-order chi connectivity index (χ1) is 7.74. The normalized spacial score (nSPS) is 12.9. The van der Waals surface area contributed by atoms with Gasteiger partial charge in [0, 0.05) is 18.9 Å². The van der Waals surface area contributed by atoms with E-state index in [-0.39, 0.29) is 6.04 Å². The van der Waals surface area contributed by atoms with Crippen molar-refractivity contribution in [2.45, 2.75) is 32.9 Å². The molecule has 2 aromatic heterocycles. The molecule has 3 nitrogen and oxygen atoms in total. The largest absolute Gasteiger partial charge is 0.333 e. The zero-order valence-corrected chi connectivity index (χ0v) is 10.5. The minimum absolute atomic E-state index is 0.104. The van der Waals surface area contributed by atoms with Crippen LogP contribution in [0.5, 0.6) is 0 Å². The Hall–Kier alpha value is -1.13. The number of aryl methyl sites for hydroxylation is 2. The van der Waals surface area contributed by atoms with E-state index in [1.54, 1.807) is 11.3 Å². The summed E-state index contributed by atoms with van der Waals surface area (Å²) in [5.74, 6) is 0.961. The van der Waals surface area contributed by atoms with Gasteiger partial charge >= 0.3 is 0 Å². The fourth-order valence-electron chi connectivity index (χ4n) is 1.86. The van der Waals surface area contributed by atoms with Crippen LogP contribution in [0.1, 0.15) is 36.3 Å². The highest BCUT2D eigenvalue weighted by molar-refractivity contribution is 7.08. The quantitative estimate of drug-likeness (QED) is 0.885. The average molecular weight is 235 g/mol. The van der Waals surface area contributed by atoms with Gasteiger partial charge in [0.05, 0.1) is 6.04 Å². The number of thiophene rings is 1. The van der Waals surface area contributed by atoms with Gasteiger partial charge in [-0.25, -0.2) is 4.98 Å². The molecule has 4 heteroatoms. The lowest BCUT2D eigenvalue weighted by Crippen LogP contribution is -2.18. The maximum atomic E-state index is 6.26. The summed E-state index contributed by atoms with van der Waals surface area (Å²) in [7, 11) is 0. The number of hydrogen-bond donors (Lipinski definition) is 1. The Balaban J connectivity index is 2.30. The van der Waals surface area contributed by atoms with Crippen LogP contribution in [-0.2, 0) is 6.54 Å². The van der Waals surface area contributed by atoms with Crippen LogP contribution in [0.25, 0.3) is 0 Å². The predicted molar refractivity (Wildman–Crippen MR) is 67.6 cm³/mol. The number of nitrogens with zero attached hydrogens (tertiary/aromatic N) is 2. The molecule has 2 aromatic rings. The molecule has 0 bridgehead atoms. The molecule has 0 saturated heterocycles. The molecule has 0 amide bonds. The third-order valence-electron chi connectivity index (χ3n) is 2.72. The molecule has 2 N–H and O–H groups in total. The van der Waals surface area contributed by atoms with Crippen LogP contribution in [0.15, 0.2) is 23.2 Å².